The normalized spacial score (nSPS) is 10.6. The van der Waals surface area contributed by atoms with E-state index in [1.165, 1.54) is 6.20 Å². The number of carbonyl (C=O) groups is 1. The summed E-state index contributed by atoms with van der Waals surface area (Å²) in [6, 6.07) is 8.83. The van der Waals surface area contributed by atoms with E-state index in [9.17, 15) is 4.79 Å². The summed E-state index contributed by atoms with van der Waals surface area (Å²) in [4.78, 5) is 11.9. The van der Waals surface area contributed by atoms with Crippen LogP contribution in [0.3, 0.4) is 0 Å². The van der Waals surface area contributed by atoms with Gasteiger partial charge in [-0.25, -0.2) is 0 Å². The molecule has 0 unspecified atom stereocenters. The zero-order valence-corrected chi connectivity index (χ0v) is 12.5. The van der Waals surface area contributed by atoms with Gasteiger partial charge >= 0.3 is 0 Å². The van der Waals surface area contributed by atoms with Crippen molar-refractivity contribution in [2.24, 2.45) is 0 Å². The van der Waals surface area contributed by atoms with Gasteiger partial charge in [0.05, 0.1) is 7.11 Å². The number of amides is 1. The number of carbonyl (C=O) groups excluding carboxylic acids is 1. The average molecular weight is 287 g/mol. The second-order valence-electron chi connectivity index (χ2n) is 4.51. The highest BCUT2D eigenvalue weighted by atomic mass is 16.5. The summed E-state index contributed by atoms with van der Waals surface area (Å²) in [7, 11) is 1.58. The maximum atomic E-state index is 11.9. The summed E-state index contributed by atoms with van der Waals surface area (Å²) in [5, 5.41) is 14.7. The molecule has 0 radical (unpaired) electrons. The van der Waals surface area contributed by atoms with E-state index in [1.54, 1.807) is 31.4 Å². The first-order chi connectivity index (χ1) is 10.2. The van der Waals surface area contributed by atoms with Gasteiger partial charge in [-0.05, 0) is 30.7 Å². The molecule has 112 valence electrons. The van der Waals surface area contributed by atoms with E-state index in [0.29, 0.717) is 11.4 Å². The van der Waals surface area contributed by atoms with Crippen LogP contribution in [-0.4, -0.2) is 19.6 Å². The highest BCUT2D eigenvalue weighted by molar-refractivity contribution is 6.06. The van der Waals surface area contributed by atoms with E-state index in [1.807, 2.05) is 6.07 Å². The van der Waals surface area contributed by atoms with Crippen molar-refractivity contribution in [1.29, 1.82) is 5.26 Å². The summed E-state index contributed by atoms with van der Waals surface area (Å²) >= 11 is 0. The number of anilines is 1. The minimum absolute atomic E-state index is 0.0577. The molecule has 0 aliphatic carbocycles. The first kappa shape index (κ1) is 16.6. The number of hydrogen-bond donors (Lipinski definition) is 2. The fraction of sp³-hybridized carbons (Fsp3) is 0.375. The van der Waals surface area contributed by atoms with Crippen LogP contribution in [0.1, 0.15) is 26.2 Å². The molecule has 0 saturated carbocycles. The lowest BCUT2D eigenvalue weighted by Crippen LogP contribution is -2.17. The molecule has 1 amide bonds. The van der Waals surface area contributed by atoms with Gasteiger partial charge in [-0.15, -0.1) is 0 Å². The Labute approximate surface area is 125 Å². The number of benzene rings is 1. The molecule has 5 heteroatoms. The zero-order valence-electron chi connectivity index (χ0n) is 12.5. The van der Waals surface area contributed by atoms with Crippen LogP contribution in [0, 0.1) is 11.3 Å². The zero-order chi connectivity index (χ0) is 15.5. The lowest BCUT2D eigenvalue weighted by atomic mass is 10.2. The standard InChI is InChI=1S/C16H21N3O2/c1-3-4-5-10-18-12-13(11-17)16(20)19-14-6-8-15(21-2)9-7-14/h6-9,12,18H,3-5,10H2,1-2H3,(H,19,20)/b13-12-. The molecular formula is C16H21N3O2. The molecule has 0 saturated heterocycles. The lowest BCUT2D eigenvalue weighted by molar-refractivity contribution is -0.112. The van der Waals surface area contributed by atoms with Gasteiger partial charge in [-0.3, -0.25) is 4.79 Å². The Balaban J connectivity index is 2.54. The van der Waals surface area contributed by atoms with E-state index in [0.717, 1.165) is 25.8 Å². The number of nitrogens with one attached hydrogen (secondary N) is 2. The number of methoxy groups -OCH3 is 1. The van der Waals surface area contributed by atoms with Crippen LogP contribution < -0.4 is 15.4 Å². The number of rotatable bonds is 8. The fourth-order valence-corrected chi connectivity index (χ4v) is 1.67. The lowest BCUT2D eigenvalue weighted by Gasteiger charge is -2.06. The number of nitrogens with zero attached hydrogens (tertiary/aromatic N) is 1. The monoisotopic (exact) mass is 287 g/mol. The van der Waals surface area contributed by atoms with Crippen molar-refractivity contribution in [3.05, 3.63) is 36.0 Å². The highest BCUT2D eigenvalue weighted by Crippen LogP contribution is 2.15. The quantitative estimate of drug-likeness (QED) is 0.438. The first-order valence-corrected chi connectivity index (χ1v) is 7.00. The minimum atomic E-state index is -0.425. The van der Waals surface area contributed by atoms with Gasteiger partial charge in [0.2, 0.25) is 0 Å². The average Bonchev–Trinajstić information content (AvgIpc) is 2.51. The van der Waals surface area contributed by atoms with Gasteiger partial charge < -0.3 is 15.4 Å². The van der Waals surface area contributed by atoms with E-state index in [2.05, 4.69) is 17.6 Å². The molecule has 5 nitrogen and oxygen atoms in total. The van der Waals surface area contributed by atoms with Crippen molar-refractivity contribution in [3.63, 3.8) is 0 Å². The molecule has 0 aliphatic heterocycles. The highest BCUT2D eigenvalue weighted by Gasteiger charge is 2.08. The van der Waals surface area contributed by atoms with Gasteiger partial charge in [0.1, 0.15) is 17.4 Å². The molecule has 21 heavy (non-hydrogen) atoms. The van der Waals surface area contributed by atoms with Gasteiger partial charge in [0, 0.05) is 18.4 Å². The third-order valence-electron chi connectivity index (χ3n) is 2.88. The van der Waals surface area contributed by atoms with Crippen molar-refractivity contribution in [1.82, 2.24) is 5.32 Å². The molecular weight excluding hydrogens is 266 g/mol. The van der Waals surface area contributed by atoms with Crippen LogP contribution in [-0.2, 0) is 4.79 Å². The molecule has 0 fully saturated rings. The van der Waals surface area contributed by atoms with Crippen molar-refractivity contribution in [2.45, 2.75) is 26.2 Å². The van der Waals surface area contributed by atoms with Crippen LogP contribution in [0.15, 0.2) is 36.0 Å². The first-order valence-electron chi connectivity index (χ1n) is 7.00. The van der Waals surface area contributed by atoms with Crippen LogP contribution >= 0.6 is 0 Å². The van der Waals surface area contributed by atoms with Crippen molar-refractivity contribution >= 4 is 11.6 Å². The molecule has 0 spiro atoms. The van der Waals surface area contributed by atoms with Crippen molar-refractivity contribution in [3.8, 4) is 11.8 Å². The van der Waals surface area contributed by atoms with Crippen LogP contribution in [0.25, 0.3) is 0 Å². The van der Waals surface area contributed by atoms with Crippen LogP contribution in [0.2, 0.25) is 0 Å². The molecule has 2 N–H and O–H groups in total. The second-order valence-corrected chi connectivity index (χ2v) is 4.51. The Morgan fingerprint density at radius 2 is 2.05 bits per heavy atom. The SMILES string of the molecule is CCCCCN/C=C(/C#N)C(=O)Nc1ccc(OC)cc1. The number of nitriles is 1. The summed E-state index contributed by atoms with van der Waals surface area (Å²) < 4.78 is 5.04. The van der Waals surface area contributed by atoms with E-state index >= 15 is 0 Å². The number of unbranched alkanes of at least 4 members (excludes halogenated alkanes) is 2. The van der Waals surface area contributed by atoms with Crippen molar-refractivity contribution < 1.29 is 9.53 Å². The van der Waals surface area contributed by atoms with Gasteiger partial charge in [0.15, 0.2) is 0 Å². The second kappa shape index (κ2) is 9.43. The Hall–Kier alpha value is -2.48. The Bertz CT molecular complexity index is 515. The van der Waals surface area contributed by atoms with E-state index < -0.39 is 5.91 Å². The van der Waals surface area contributed by atoms with Crippen LogP contribution in [0.5, 0.6) is 5.75 Å². The summed E-state index contributed by atoms with van der Waals surface area (Å²) in [6.07, 6.45) is 4.75. The maximum Gasteiger partial charge on any atom is 0.267 e. The summed E-state index contributed by atoms with van der Waals surface area (Å²) in [5.74, 6) is 0.285. The van der Waals surface area contributed by atoms with E-state index in [4.69, 9.17) is 10.00 Å². The minimum Gasteiger partial charge on any atom is -0.497 e. The molecule has 0 heterocycles. The number of ether oxygens (including phenoxy) is 1. The van der Waals surface area contributed by atoms with Gasteiger partial charge in [-0.2, -0.15) is 5.26 Å². The number of hydrogen-bond acceptors (Lipinski definition) is 4. The molecule has 0 aromatic heterocycles. The largest absolute Gasteiger partial charge is 0.497 e. The summed E-state index contributed by atoms with van der Waals surface area (Å²) in [5.41, 5.74) is 0.676. The Morgan fingerprint density at radius 1 is 1.33 bits per heavy atom. The molecule has 1 aromatic carbocycles. The summed E-state index contributed by atoms with van der Waals surface area (Å²) in [6.45, 7) is 2.88. The molecule has 1 rings (SSSR count). The van der Waals surface area contributed by atoms with Gasteiger partial charge in [-0.1, -0.05) is 19.8 Å². The molecule has 0 aliphatic rings. The van der Waals surface area contributed by atoms with Gasteiger partial charge in [0.25, 0.3) is 5.91 Å². The smallest absolute Gasteiger partial charge is 0.267 e. The van der Waals surface area contributed by atoms with Crippen molar-refractivity contribution in [2.75, 3.05) is 19.0 Å². The molecule has 1 aromatic rings. The topological polar surface area (TPSA) is 74.2 Å². The third kappa shape index (κ3) is 6.00. The van der Waals surface area contributed by atoms with Crippen LogP contribution in [0.4, 0.5) is 5.69 Å². The maximum absolute atomic E-state index is 11.9. The fourth-order valence-electron chi connectivity index (χ4n) is 1.67. The third-order valence-corrected chi connectivity index (χ3v) is 2.88. The predicted molar refractivity (Wildman–Crippen MR) is 82.8 cm³/mol. The molecule has 0 atom stereocenters. The predicted octanol–water partition coefficient (Wildman–Crippen LogP) is 2.82. The Morgan fingerprint density at radius 3 is 2.62 bits per heavy atom. The van der Waals surface area contributed by atoms with E-state index in [-0.39, 0.29) is 5.57 Å². The Kier molecular flexibility index (Phi) is 7.44. The molecule has 0 bridgehead atoms.